The summed E-state index contributed by atoms with van der Waals surface area (Å²) in [5, 5.41) is 16.5. The summed E-state index contributed by atoms with van der Waals surface area (Å²) in [6.45, 7) is 0. The summed E-state index contributed by atoms with van der Waals surface area (Å²) >= 11 is 5.89. The van der Waals surface area contributed by atoms with Gasteiger partial charge >= 0.3 is 5.97 Å². The number of amides is 1. The molecule has 0 unspecified atom stereocenters. The minimum Gasteiger partial charge on any atom is -0.464 e. The van der Waals surface area contributed by atoms with E-state index >= 15 is 0 Å². The van der Waals surface area contributed by atoms with Gasteiger partial charge in [-0.25, -0.2) is 14.9 Å². The fourth-order valence-corrected chi connectivity index (χ4v) is 2.41. The molecule has 1 aromatic carbocycles. The number of anilines is 1. The van der Waals surface area contributed by atoms with E-state index in [0.717, 1.165) is 10.1 Å². The van der Waals surface area contributed by atoms with Crippen LogP contribution >= 0.6 is 11.6 Å². The van der Waals surface area contributed by atoms with Crippen molar-refractivity contribution >= 4 is 46.8 Å². The van der Waals surface area contributed by atoms with Crippen LogP contribution in [0.15, 0.2) is 39.6 Å². The Morgan fingerprint density at radius 2 is 2.13 bits per heavy atom. The Balaban J connectivity index is 2.15. The Morgan fingerprint density at radius 3 is 2.83 bits per heavy atom. The third kappa shape index (κ3) is 2.37. The Kier molecular flexibility index (Phi) is 3.63. The first-order valence-corrected chi connectivity index (χ1v) is 6.84. The van der Waals surface area contributed by atoms with Gasteiger partial charge in [-0.2, -0.15) is 5.10 Å². The molecule has 2 aliphatic heterocycles. The fourth-order valence-electron chi connectivity index (χ4n) is 2.24. The molecule has 8 nitrogen and oxygen atoms in total. The average molecular weight is 335 g/mol. The highest BCUT2D eigenvalue weighted by atomic mass is 35.5. The lowest BCUT2D eigenvalue weighted by molar-refractivity contribution is -0.132. The minimum absolute atomic E-state index is 0.0262. The zero-order valence-electron chi connectivity index (χ0n) is 12.1. The van der Waals surface area contributed by atoms with E-state index < -0.39 is 11.9 Å². The normalized spacial score (nSPS) is 19.8. The lowest BCUT2D eigenvalue weighted by Crippen LogP contribution is -2.30. The Morgan fingerprint density at radius 1 is 1.39 bits per heavy atom. The summed E-state index contributed by atoms with van der Waals surface area (Å²) in [6.07, 6.45) is 1.27. The first kappa shape index (κ1) is 15.2. The summed E-state index contributed by atoms with van der Waals surface area (Å²) in [6, 6.07) is 4.69. The van der Waals surface area contributed by atoms with Crippen LogP contribution < -0.4 is 5.06 Å². The second-order valence-corrected chi connectivity index (χ2v) is 5.17. The number of hydrogen-bond acceptors (Lipinski definition) is 7. The maximum absolute atomic E-state index is 12.3. The van der Waals surface area contributed by atoms with Gasteiger partial charge in [0.2, 0.25) is 0 Å². The first-order valence-electron chi connectivity index (χ1n) is 6.46. The summed E-state index contributed by atoms with van der Waals surface area (Å²) in [7, 11) is 2.58. The number of hydroxylamine groups is 1. The Hall–Kier alpha value is -2.71. The third-order valence-corrected chi connectivity index (χ3v) is 3.58. The van der Waals surface area contributed by atoms with E-state index in [1.807, 2.05) is 0 Å². The van der Waals surface area contributed by atoms with Crippen LogP contribution in [-0.2, 0) is 14.3 Å². The SMILES string of the molecule is COC(=O)C1=NN(C)C(=O)/C1=C1/C=Nc2cc(Cl)ccc2N1O. The van der Waals surface area contributed by atoms with Gasteiger partial charge in [-0.15, -0.1) is 0 Å². The van der Waals surface area contributed by atoms with Crippen molar-refractivity contribution in [3.63, 3.8) is 0 Å². The van der Waals surface area contributed by atoms with Crippen LogP contribution in [0, 0.1) is 0 Å². The maximum atomic E-state index is 12.3. The van der Waals surface area contributed by atoms with Crippen LogP contribution in [0.25, 0.3) is 0 Å². The van der Waals surface area contributed by atoms with E-state index in [4.69, 9.17) is 11.6 Å². The standard InChI is InChI=1S/C14H11ClN4O4/c1-18-13(20)11(12(17-18)14(21)23-2)10-6-16-8-5-7(15)3-4-9(8)19(10)22/h3-6,22H,1-2H3/b11-10-. The second kappa shape index (κ2) is 5.49. The fraction of sp³-hybridized carbons (Fsp3) is 0.143. The van der Waals surface area contributed by atoms with Crippen LogP contribution in [-0.4, -0.2) is 48.2 Å². The number of allylic oxidation sites excluding steroid dienone is 1. The van der Waals surface area contributed by atoms with Gasteiger partial charge in [-0.3, -0.25) is 15.0 Å². The molecule has 0 spiro atoms. The van der Waals surface area contributed by atoms with Gasteiger partial charge in [-0.05, 0) is 18.2 Å². The van der Waals surface area contributed by atoms with Crippen molar-refractivity contribution in [3.8, 4) is 0 Å². The highest BCUT2D eigenvalue weighted by Crippen LogP contribution is 2.36. The summed E-state index contributed by atoms with van der Waals surface area (Å²) in [4.78, 5) is 28.3. The van der Waals surface area contributed by atoms with Gasteiger partial charge in [0.15, 0.2) is 5.71 Å². The number of fused-ring (bicyclic) bond motifs is 1. The largest absolute Gasteiger partial charge is 0.464 e. The molecule has 0 aliphatic carbocycles. The molecule has 0 fully saturated rings. The van der Waals surface area contributed by atoms with E-state index in [-0.39, 0.29) is 17.0 Å². The summed E-state index contributed by atoms with van der Waals surface area (Å²) < 4.78 is 4.63. The molecule has 23 heavy (non-hydrogen) atoms. The molecule has 2 heterocycles. The highest BCUT2D eigenvalue weighted by molar-refractivity contribution is 6.52. The van der Waals surface area contributed by atoms with Crippen molar-refractivity contribution in [2.45, 2.75) is 0 Å². The molecule has 2 aliphatic rings. The molecule has 0 atom stereocenters. The van der Waals surface area contributed by atoms with Crippen molar-refractivity contribution in [1.29, 1.82) is 0 Å². The van der Waals surface area contributed by atoms with Gasteiger partial charge in [-0.1, -0.05) is 11.6 Å². The number of rotatable bonds is 1. The van der Waals surface area contributed by atoms with Gasteiger partial charge in [0, 0.05) is 12.1 Å². The quantitative estimate of drug-likeness (QED) is 0.620. The summed E-state index contributed by atoms with van der Waals surface area (Å²) in [5.74, 6) is -1.34. The molecule has 0 saturated heterocycles. The van der Waals surface area contributed by atoms with Gasteiger partial charge < -0.3 is 4.74 Å². The summed E-state index contributed by atoms with van der Waals surface area (Å²) in [5.41, 5.74) is 0.494. The average Bonchev–Trinajstić information content (AvgIpc) is 2.83. The predicted molar refractivity (Wildman–Crippen MR) is 83.1 cm³/mol. The predicted octanol–water partition coefficient (Wildman–Crippen LogP) is 1.51. The number of likely N-dealkylation sites (N-methyl/N-ethyl adjacent to an activating group) is 1. The molecule has 3 rings (SSSR count). The minimum atomic E-state index is -0.783. The van der Waals surface area contributed by atoms with Crippen molar-refractivity contribution < 1.29 is 19.5 Å². The number of methoxy groups -OCH3 is 1. The Labute approximate surface area is 135 Å². The number of ether oxygens (including phenoxy) is 1. The monoisotopic (exact) mass is 334 g/mol. The number of esters is 1. The maximum Gasteiger partial charge on any atom is 0.359 e. The zero-order valence-corrected chi connectivity index (χ0v) is 12.9. The molecule has 1 aromatic rings. The van der Waals surface area contributed by atoms with E-state index in [2.05, 4.69) is 14.8 Å². The molecule has 118 valence electrons. The molecule has 0 radical (unpaired) electrons. The van der Waals surface area contributed by atoms with Crippen LogP contribution in [0.4, 0.5) is 11.4 Å². The van der Waals surface area contributed by atoms with E-state index in [0.29, 0.717) is 16.4 Å². The highest BCUT2D eigenvalue weighted by Gasteiger charge is 2.38. The molecule has 1 N–H and O–H groups in total. The third-order valence-electron chi connectivity index (χ3n) is 3.35. The number of benzene rings is 1. The number of hydrogen-bond donors (Lipinski definition) is 1. The smallest absolute Gasteiger partial charge is 0.359 e. The number of carbonyl (C=O) groups is 2. The topological polar surface area (TPSA) is 94.8 Å². The van der Waals surface area contributed by atoms with Crippen molar-refractivity contribution in [2.75, 3.05) is 19.2 Å². The molecular weight excluding hydrogens is 324 g/mol. The molecule has 0 bridgehead atoms. The molecule has 9 heteroatoms. The Bertz CT molecular complexity index is 815. The number of halogens is 1. The van der Waals surface area contributed by atoms with Crippen molar-refractivity contribution in [1.82, 2.24) is 5.01 Å². The van der Waals surface area contributed by atoms with Gasteiger partial charge in [0.25, 0.3) is 5.91 Å². The molecular formula is C14H11ClN4O4. The van der Waals surface area contributed by atoms with E-state index in [1.54, 1.807) is 18.2 Å². The van der Waals surface area contributed by atoms with E-state index in [1.165, 1.54) is 20.4 Å². The van der Waals surface area contributed by atoms with Crippen molar-refractivity contribution in [3.05, 3.63) is 34.5 Å². The number of hydrazone groups is 1. The van der Waals surface area contributed by atoms with Crippen LogP contribution in [0.2, 0.25) is 5.02 Å². The molecule has 0 saturated carbocycles. The van der Waals surface area contributed by atoms with Crippen LogP contribution in [0.3, 0.4) is 0 Å². The second-order valence-electron chi connectivity index (χ2n) is 4.73. The lowest BCUT2D eigenvalue weighted by atomic mass is 10.1. The number of nitrogens with zero attached hydrogens (tertiary/aromatic N) is 4. The number of carbonyl (C=O) groups excluding carboxylic acids is 2. The van der Waals surface area contributed by atoms with Crippen LogP contribution in [0.5, 0.6) is 0 Å². The van der Waals surface area contributed by atoms with E-state index in [9.17, 15) is 14.8 Å². The van der Waals surface area contributed by atoms with Gasteiger partial charge in [0.05, 0.1) is 24.7 Å². The number of aliphatic imine (C=N–C) groups is 1. The molecule has 1 amide bonds. The lowest BCUT2D eigenvalue weighted by Gasteiger charge is -2.24. The zero-order chi connectivity index (χ0) is 16.7. The first-order chi connectivity index (χ1) is 10.9. The van der Waals surface area contributed by atoms with Gasteiger partial charge in [0.1, 0.15) is 11.3 Å². The van der Waals surface area contributed by atoms with Crippen molar-refractivity contribution in [2.24, 2.45) is 10.1 Å². The molecule has 0 aromatic heterocycles. The van der Waals surface area contributed by atoms with Crippen LogP contribution in [0.1, 0.15) is 0 Å².